The number of benzene rings is 1. The summed E-state index contributed by atoms with van der Waals surface area (Å²) in [5.74, 6) is -1.27. The summed E-state index contributed by atoms with van der Waals surface area (Å²) in [6, 6.07) is 4.66. The Balaban J connectivity index is 2.26. The molecule has 1 unspecified atom stereocenters. The van der Waals surface area contributed by atoms with Crippen molar-refractivity contribution in [2.24, 2.45) is 5.41 Å². The molecule has 0 aliphatic carbocycles. The monoisotopic (exact) mass is 345 g/mol. The van der Waals surface area contributed by atoms with Crippen LogP contribution in [0, 0.1) is 5.41 Å². The fourth-order valence-electron chi connectivity index (χ4n) is 2.77. The Kier molecular flexibility index (Phi) is 5.32. The highest BCUT2D eigenvalue weighted by Gasteiger charge is 2.44. The van der Waals surface area contributed by atoms with Crippen LogP contribution in [0.5, 0.6) is 0 Å². The van der Waals surface area contributed by atoms with Gasteiger partial charge in [0.05, 0.1) is 17.2 Å². The molecule has 0 bridgehead atoms. The van der Waals surface area contributed by atoms with Gasteiger partial charge in [0.2, 0.25) is 0 Å². The highest BCUT2D eigenvalue weighted by Crippen LogP contribution is 2.32. The summed E-state index contributed by atoms with van der Waals surface area (Å²) in [6.07, 6.45) is 1.07. The number of methoxy groups -OCH3 is 1. The molecule has 1 heterocycles. The Hall–Kier alpha value is -1.30. The number of carboxylic acids is 1. The molecule has 1 N–H and O–H groups in total. The molecular weight excluding hydrogens is 329 g/mol. The minimum atomic E-state index is -1.08. The molecule has 1 amide bonds. The number of amides is 1. The normalized spacial score (nSPS) is 21.7. The number of likely N-dealkylation sites (tertiary alicyclic amines) is 1. The summed E-state index contributed by atoms with van der Waals surface area (Å²) in [6.45, 7) is 0.646. The van der Waals surface area contributed by atoms with E-state index in [1.165, 1.54) is 18.1 Å². The third-order valence-corrected chi connectivity index (χ3v) is 4.46. The Morgan fingerprint density at radius 3 is 2.77 bits per heavy atom. The maximum Gasteiger partial charge on any atom is 0.313 e. The number of carbonyl (C=O) groups excluding carboxylic acids is 1. The molecule has 1 fully saturated rings. The van der Waals surface area contributed by atoms with Gasteiger partial charge in [0.15, 0.2) is 0 Å². The second kappa shape index (κ2) is 6.86. The van der Waals surface area contributed by atoms with Crippen molar-refractivity contribution in [3.05, 3.63) is 33.8 Å². The van der Waals surface area contributed by atoms with Crippen LogP contribution in [-0.2, 0) is 9.53 Å². The van der Waals surface area contributed by atoms with E-state index < -0.39 is 11.4 Å². The fraction of sp³-hybridized carbons (Fsp3) is 0.467. The van der Waals surface area contributed by atoms with Crippen molar-refractivity contribution in [3.63, 3.8) is 0 Å². The minimum Gasteiger partial charge on any atom is -0.481 e. The van der Waals surface area contributed by atoms with Crippen LogP contribution in [0.1, 0.15) is 23.2 Å². The van der Waals surface area contributed by atoms with E-state index in [1.807, 2.05) is 0 Å². The maximum absolute atomic E-state index is 12.6. The largest absolute Gasteiger partial charge is 0.481 e. The van der Waals surface area contributed by atoms with Crippen LogP contribution < -0.4 is 0 Å². The van der Waals surface area contributed by atoms with Gasteiger partial charge in [0.25, 0.3) is 5.91 Å². The van der Waals surface area contributed by atoms with Gasteiger partial charge in [-0.1, -0.05) is 23.2 Å². The highest BCUT2D eigenvalue weighted by atomic mass is 35.5. The number of carbonyl (C=O) groups is 2. The van der Waals surface area contributed by atoms with Gasteiger partial charge in [-0.25, -0.2) is 0 Å². The summed E-state index contributed by atoms with van der Waals surface area (Å²) >= 11 is 12.0. The van der Waals surface area contributed by atoms with Crippen molar-refractivity contribution >= 4 is 35.1 Å². The zero-order chi connectivity index (χ0) is 16.3. The molecule has 22 heavy (non-hydrogen) atoms. The van der Waals surface area contributed by atoms with E-state index in [2.05, 4.69) is 0 Å². The SMILES string of the molecule is COCC1(C(=O)O)CCCN(C(=O)c2cc(Cl)ccc2Cl)C1. The lowest BCUT2D eigenvalue weighted by Gasteiger charge is -2.39. The Labute approximate surface area is 138 Å². The maximum atomic E-state index is 12.6. The van der Waals surface area contributed by atoms with Gasteiger partial charge >= 0.3 is 5.97 Å². The first-order valence-electron chi connectivity index (χ1n) is 6.86. The molecule has 1 aromatic carbocycles. The molecule has 0 saturated carbocycles. The van der Waals surface area contributed by atoms with Crippen molar-refractivity contribution in [2.75, 3.05) is 26.8 Å². The number of aliphatic carboxylic acids is 1. The van der Waals surface area contributed by atoms with Crippen molar-refractivity contribution in [1.29, 1.82) is 0 Å². The fourth-order valence-corrected chi connectivity index (χ4v) is 3.14. The predicted octanol–water partition coefficient (Wildman–Crippen LogP) is 2.95. The zero-order valence-electron chi connectivity index (χ0n) is 12.1. The standard InChI is InChI=1S/C15H17Cl2NO4/c1-22-9-15(14(20)21)5-2-6-18(8-15)13(19)11-7-10(16)3-4-12(11)17/h3-4,7H,2,5-6,8-9H2,1H3,(H,20,21). The third-order valence-electron chi connectivity index (χ3n) is 3.90. The summed E-state index contributed by atoms with van der Waals surface area (Å²) in [5.41, 5.74) is -0.791. The molecular formula is C15H17Cl2NO4. The van der Waals surface area contributed by atoms with E-state index in [0.29, 0.717) is 29.4 Å². The highest BCUT2D eigenvalue weighted by molar-refractivity contribution is 6.35. The first-order chi connectivity index (χ1) is 10.4. The summed E-state index contributed by atoms with van der Waals surface area (Å²) in [7, 11) is 1.46. The summed E-state index contributed by atoms with van der Waals surface area (Å²) < 4.78 is 5.06. The topological polar surface area (TPSA) is 66.8 Å². The number of nitrogens with zero attached hydrogens (tertiary/aromatic N) is 1. The van der Waals surface area contributed by atoms with Gasteiger partial charge in [-0.2, -0.15) is 0 Å². The van der Waals surface area contributed by atoms with E-state index in [-0.39, 0.29) is 24.6 Å². The molecule has 1 atom stereocenters. The van der Waals surface area contributed by atoms with Crippen molar-refractivity contribution in [3.8, 4) is 0 Å². The van der Waals surface area contributed by atoms with Crippen LogP contribution in [-0.4, -0.2) is 48.7 Å². The third kappa shape index (κ3) is 3.37. The van der Waals surface area contributed by atoms with E-state index in [9.17, 15) is 14.7 Å². The molecule has 7 heteroatoms. The zero-order valence-corrected chi connectivity index (χ0v) is 13.7. The lowest BCUT2D eigenvalue weighted by molar-refractivity contribution is -0.155. The number of hydrogen-bond acceptors (Lipinski definition) is 3. The average molecular weight is 346 g/mol. The number of hydrogen-bond donors (Lipinski definition) is 1. The number of ether oxygens (including phenoxy) is 1. The molecule has 120 valence electrons. The second-order valence-corrected chi connectivity index (χ2v) is 6.32. The smallest absolute Gasteiger partial charge is 0.313 e. The molecule has 0 aromatic heterocycles. The van der Waals surface area contributed by atoms with Crippen molar-refractivity contribution in [2.45, 2.75) is 12.8 Å². The van der Waals surface area contributed by atoms with Gasteiger partial charge < -0.3 is 14.7 Å². The van der Waals surface area contributed by atoms with Gasteiger partial charge in [-0.3, -0.25) is 9.59 Å². The number of rotatable bonds is 4. The number of carboxylic acid groups (broad SMARTS) is 1. The van der Waals surface area contributed by atoms with E-state index in [0.717, 1.165) is 0 Å². The molecule has 0 radical (unpaired) electrons. The van der Waals surface area contributed by atoms with Crippen LogP contribution in [0.3, 0.4) is 0 Å². The molecule has 2 rings (SSSR count). The van der Waals surface area contributed by atoms with Gasteiger partial charge in [-0.15, -0.1) is 0 Å². The van der Waals surface area contributed by atoms with Crippen molar-refractivity contribution < 1.29 is 19.4 Å². The molecule has 1 aromatic rings. The van der Waals surface area contributed by atoms with Gasteiger partial charge in [0, 0.05) is 25.2 Å². The lowest BCUT2D eigenvalue weighted by Crippen LogP contribution is -2.52. The predicted molar refractivity (Wildman–Crippen MR) is 83.5 cm³/mol. The quantitative estimate of drug-likeness (QED) is 0.910. The van der Waals surface area contributed by atoms with Crippen molar-refractivity contribution in [1.82, 2.24) is 4.90 Å². The van der Waals surface area contributed by atoms with Gasteiger partial charge in [0.1, 0.15) is 5.41 Å². The molecule has 0 spiro atoms. The van der Waals surface area contributed by atoms with Gasteiger partial charge in [-0.05, 0) is 31.0 Å². The average Bonchev–Trinajstić information content (AvgIpc) is 2.49. The first-order valence-corrected chi connectivity index (χ1v) is 7.62. The molecule has 1 saturated heterocycles. The molecule has 1 aliphatic heterocycles. The van der Waals surface area contributed by atoms with E-state index in [4.69, 9.17) is 27.9 Å². The summed E-state index contributed by atoms with van der Waals surface area (Å²) in [5, 5.41) is 10.2. The van der Waals surface area contributed by atoms with Crippen LogP contribution in [0.15, 0.2) is 18.2 Å². The van der Waals surface area contributed by atoms with E-state index in [1.54, 1.807) is 12.1 Å². The Bertz CT molecular complexity index is 589. The Morgan fingerprint density at radius 1 is 1.41 bits per heavy atom. The minimum absolute atomic E-state index is 0.0649. The van der Waals surface area contributed by atoms with E-state index >= 15 is 0 Å². The molecule has 5 nitrogen and oxygen atoms in total. The lowest BCUT2D eigenvalue weighted by atomic mass is 9.80. The number of halogens is 2. The second-order valence-electron chi connectivity index (χ2n) is 5.47. The van der Waals surface area contributed by atoms with Crippen LogP contribution in [0.2, 0.25) is 10.0 Å². The molecule has 1 aliphatic rings. The van der Waals surface area contributed by atoms with Crippen LogP contribution in [0.4, 0.5) is 0 Å². The van der Waals surface area contributed by atoms with Crippen LogP contribution >= 0.6 is 23.2 Å². The first kappa shape index (κ1) is 17.1. The number of piperidine rings is 1. The van der Waals surface area contributed by atoms with Crippen LogP contribution in [0.25, 0.3) is 0 Å². The summed E-state index contributed by atoms with van der Waals surface area (Å²) in [4.78, 5) is 25.8. The Morgan fingerprint density at radius 2 is 2.14 bits per heavy atom.